The standard InChI is InChI=1S/C48H61N5O12/c1-23(2)10-9-15-46(8)16-14-27-38(63-46)26(12-11-24(3)4)40-31(39(27)62-43-37(58)36(57)35(56)29(21-55)61-43)33-32-34(53-44(52-33)50-22-51-53)28-20-30-45(6,7)65-47(41(28)59,48(30,32)64-40)17-13-25(5)42(60)49-18-19-54/h10-11,13-14,16,22,28-30,34-37,43,54-58H,9,12,15,17-21H2,1-8H3,(H,49,60)(H,50,51,52)/b25-13-/t28?,29-,30?,34?,35-,36+,37-,43+,46?,47?,48?/m0/s1. The second-order valence-electron chi connectivity index (χ2n) is 19.7. The van der Waals surface area contributed by atoms with Gasteiger partial charge in [-0.15, -0.1) is 0 Å². The largest absolute Gasteiger partial charge is 0.482 e. The fraction of sp³-hybridized carbons (Fsp3) is 0.583. The summed E-state index contributed by atoms with van der Waals surface area (Å²) in [5.41, 5.74) is 0.427. The summed E-state index contributed by atoms with van der Waals surface area (Å²) in [6, 6.07) is -0.674. The van der Waals surface area contributed by atoms with Gasteiger partial charge in [0.1, 0.15) is 53.6 Å². The van der Waals surface area contributed by atoms with Gasteiger partial charge in [-0.2, -0.15) is 10.1 Å². The minimum absolute atomic E-state index is 0.0200. The van der Waals surface area contributed by atoms with Crippen molar-refractivity contribution in [3.05, 3.63) is 69.6 Å². The second-order valence-corrected chi connectivity index (χ2v) is 19.7. The molecule has 8 aliphatic rings. The summed E-state index contributed by atoms with van der Waals surface area (Å²) in [5, 5.41) is 63.8. The third kappa shape index (κ3) is 6.82. The Labute approximate surface area is 377 Å². The van der Waals surface area contributed by atoms with Crippen LogP contribution in [0.5, 0.6) is 17.2 Å². The SMILES string of the molecule is CC(C)=CCCC1(C)C=Cc2c(c(CC=C(C)C)c3c(c2O[C@H]2O[C@@H](CO)[C@H](O)[C@@H](O)[C@@H]2O)C2=C4C(C5CC6C(C)(C)OC(C/C=C(/C)C(=O)NCCO)(C5=O)C46O3)n3ncnc3N2)O1. The molecule has 2 saturated heterocycles. The Balaban J connectivity index is 1.34. The topological polar surface area (TPSA) is 236 Å². The number of rotatable bonds is 13. The lowest BCUT2D eigenvalue weighted by atomic mass is 9.47. The fourth-order valence-corrected chi connectivity index (χ4v) is 11.3. The van der Waals surface area contributed by atoms with Crippen molar-refractivity contribution in [1.29, 1.82) is 0 Å². The van der Waals surface area contributed by atoms with Gasteiger partial charge in [-0.1, -0.05) is 29.4 Å². The number of aromatic nitrogens is 3. The van der Waals surface area contributed by atoms with Crippen molar-refractivity contribution in [1.82, 2.24) is 20.1 Å². The third-order valence-electron chi connectivity index (χ3n) is 14.4. The molecule has 4 bridgehead atoms. The molecule has 1 spiro atoms. The van der Waals surface area contributed by atoms with Crippen LogP contribution in [-0.4, -0.2) is 125 Å². The first-order valence-electron chi connectivity index (χ1n) is 22.6. The summed E-state index contributed by atoms with van der Waals surface area (Å²) in [7, 11) is 0. The van der Waals surface area contributed by atoms with Gasteiger partial charge in [-0.3, -0.25) is 9.59 Å². The van der Waals surface area contributed by atoms with Crippen molar-refractivity contribution >= 4 is 29.4 Å². The lowest BCUT2D eigenvalue weighted by molar-refractivity contribution is -0.277. The number of benzene rings is 1. The van der Waals surface area contributed by atoms with E-state index in [0.717, 1.165) is 12.0 Å². The minimum Gasteiger partial charge on any atom is -0.482 e. The first-order chi connectivity index (χ1) is 30.8. The molecule has 7 N–H and O–H groups in total. The van der Waals surface area contributed by atoms with E-state index in [9.17, 15) is 30.3 Å². The van der Waals surface area contributed by atoms with E-state index in [0.29, 0.717) is 70.2 Å². The van der Waals surface area contributed by atoms with E-state index in [4.69, 9.17) is 23.7 Å². The molecular formula is C48H61N5O12. The molecule has 1 aromatic heterocycles. The molecule has 10 rings (SSSR count). The van der Waals surface area contributed by atoms with Crippen molar-refractivity contribution in [2.45, 2.75) is 147 Å². The smallest absolute Gasteiger partial charge is 0.246 e. The van der Waals surface area contributed by atoms with Gasteiger partial charge in [0.15, 0.2) is 17.0 Å². The molecule has 1 aromatic carbocycles. The Morgan fingerprint density at radius 1 is 1.02 bits per heavy atom. The molecule has 0 radical (unpaired) electrons. The highest BCUT2D eigenvalue weighted by Crippen LogP contribution is 2.74. The molecule has 65 heavy (non-hydrogen) atoms. The summed E-state index contributed by atoms with van der Waals surface area (Å²) >= 11 is 0. The van der Waals surface area contributed by atoms with E-state index in [1.54, 1.807) is 17.7 Å². The number of hydrogen-bond acceptors (Lipinski definition) is 15. The Kier molecular flexibility index (Phi) is 11.3. The van der Waals surface area contributed by atoms with Crippen molar-refractivity contribution < 1.29 is 58.8 Å². The number of allylic oxidation sites excluding steroid dienone is 4. The normalized spacial score (nSPS) is 34.3. The molecule has 6 unspecified atom stereocenters. The summed E-state index contributed by atoms with van der Waals surface area (Å²) in [4.78, 5) is 33.4. The predicted molar refractivity (Wildman–Crippen MR) is 237 cm³/mol. The van der Waals surface area contributed by atoms with E-state index in [2.05, 4.69) is 32.9 Å². The molecule has 3 aliphatic carbocycles. The number of ether oxygens (including phenoxy) is 5. The number of anilines is 1. The van der Waals surface area contributed by atoms with Gasteiger partial charge in [-0.25, -0.2) is 4.68 Å². The van der Waals surface area contributed by atoms with Crippen molar-refractivity contribution in [3.63, 3.8) is 0 Å². The molecule has 17 heteroatoms. The third-order valence-corrected chi connectivity index (χ3v) is 14.4. The summed E-state index contributed by atoms with van der Waals surface area (Å²) in [6.45, 7) is 14.9. The second kappa shape index (κ2) is 16.2. The number of amides is 1. The zero-order chi connectivity index (χ0) is 46.5. The number of aliphatic hydroxyl groups excluding tert-OH is 5. The van der Waals surface area contributed by atoms with E-state index in [-0.39, 0.29) is 31.1 Å². The van der Waals surface area contributed by atoms with Crippen LogP contribution in [0.3, 0.4) is 0 Å². The van der Waals surface area contributed by atoms with E-state index >= 15 is 4.79 Å². The highest BCUT2D eigenvalue weighted by atomic mass is 16.7. The summed E-state index contributed by atoms with van der Waals surface area (Å²) in [6.07, 6.45) is 5.35. The van der Waals surface area contributed by atoms with Crippen molar-refractivity contribution in [2.75, 3.05) is 25.1 Å². The van der Waals surface area contributed by atoms with Crippen LogP contribution < -0.4 is 24.8 Å². The number of ketones is 1. The van der Waals surface area contributed by atoms with Crippen LogP contribution in [-0.2, 0) is 25.5 Å². The van der Waals surface area contributed by atoms with Gasteiger partial charge in [0, 0.05) is 41.5 Å². The molecule has 350 valence electrons. The molecule has 5 aliphatic heterocycles. The van der Waals surface area contributed by atoms with Crippen LogP contribution >= 0.6 is 0 Å². The van der Waals surface area contributed by atoms with E-state index in [1.807, 2.05) is 60.6 Å². The predicted octanol–water partition coefficient (Wildman–Crippen LogP) is 3.60. The van der Waals surface area contributed by atoms with Gasteiger partial charge in [0.05, 0.1) is 41.7 Å². The molecule has 11 atom stereocenters. The van der Waals surface area contributed by atoms with Crippen LogP contribution in [0.1, 0.15) is 104 Å². The summed E-state index contributed by atoms with van der Waals surface area (Å²) < 4.78 is 36.7. The van der Waals surface area contributed by atoms with Crippen molar-refractivity contribution in [2.24, 2.45) is 11.8 Å². The molecular weight excluding hydrogens is 839 g/mol. The molecule has 6 heterocycles. The first kappa shape index (κ1) is 45.3. The monoisotopic (exact) mass is 899 g/mol. The van der Waals surface area contributed by atoms with Gasteiger partial charge in [0.25, 0.3) is 0 Å². The quantitative estimate of drug-likeness (QED) is 0.112. The maximum absolute atomic E-state index is 15.6. The Morgan fingerprint density at radius 3 is 2.48 bits per heavy atom. The lowest BCUT2D eigenvalue weighted by Gasteiger charge is -2.62. The molecule has 2 aromatic rings. The number of carbonyl (C=O) groups is 2. The average Bonchev–Trinajstić information content (AvgIpc) is 3.79. The highest BCUT2D eigenvalue weighted by Gasteiger charge is 2.84. The number of fused-ring (bicyclic) bond motifs is 4. The number of nitrogens with zero attached hydrogens (tertiary/aromatic N) is 3. The zero-order valence-corrected chi connectivity index (χ0v) is 38.2. The van der Waals surface area contributed by atoms with Gasteiger partial charge < -0.3 is 59.9 Å². The van der Waals surface area contributed by atoms with Crippen LogP contribution in [0, 0.1) is 11.8 Å². The van der Waals surface area contributed by atoms with Gasteiger partial charge in [-0.05, 0) is 93.2 Å². The maximum Gasteiger partial charge on any atom is 0.246 e. The minimum atomic E-state index is -1.75. The molecule has 5 fully saturated rings. The van der Waals surface area contributed by atoms with Crippen LogP contribution in [0.15, 0.2) is 52.9 Å². The number of hydrogen-bond donors (Lipinski definition) is 7. The molecule has 17 nitrogen and oxygen atoms in total. The molecule has 3 saturated carbocycles. The number of carbonyl (C=O) groups excluding carboxylic acids is 2. The van der Waals surface area contributed by atoms with Crippen molar-refractivity contribution in [3.8, 4) is 17.2 Å². The van der Waals surface area contributed by atoms with E-state index in [1.165, 1.54) is 11.9 Å². The number of nitrogens with one attached hydrogen (secondary N) is 2. The van der Waals surface area contributed by atoms with Gasteiger partial charge in [0.2, 0.25) is 18.1 Å². The van der Waals surface area contributed by atoms with Crippen LogP contribution in [0.25, 0.3) is 11.8 Å². The van der Waals surface area contributed by atoms with Gasteiger partial charge >= 0.3 is 0 Å². The molecule has 1 amide bonds. The first-order valence-corrected chi connectivity index (χ1v) is 22.6. The van der Waals surface area contributed by atoms with Crippen LogP contribution in [0.4, 0.5) is 5.95 Å². The Bertz CT molecular complexity index is 2460. The zero-order valence-electron chi connectivity index (χ0n) is 38.2. The number of aliphatic hydroxyl groups is 5. The summed E-state index contributed by atoms with van der Waals surface area (Å²) in [5.74, 6) is -0.349. The fourth-order valence-electron chi connectivity index (χ4n) is 11.3. The average molecular weight is 900 g/mol. The van der Waals surface area contributed by atoms with Crippen LogP contribution in [0.2, 0.25) is 0 Å². The maximum atomic E-state index is 15.6. The van der Waals surface area contributed by atoms with E-state index < -0.39 is 83.5 Å². The highest BCUT2D eigenvalue weighted by molar-refractivity contribution is 6.03. The Hall–Kier alpha value is -4.88. The Morgan fingerprint density at radius 2 is 1.77 bits per heavy atom. The number of Topliss-reactive ketones (excluding diaryl/α,β-unsaturated/α-hetero) is 1. The lowest BCUT2D eigenvalue weighted by Crippen LogP contribution is -2.75.